The van der Waals surface area contributed by atoms with E-state index in [0.29, 0.717) is 32.1 Å². The van der Waals surface area contributed by atoms with Gasteiger partial charge in [0, 0.05) is 30.4 Å². The molecule has 2 aromatic carbocycles. The van der Waals surface area contributed by atoms with E-state index >= 15 is 4.39 Å². The molecule has 44 heavy (non-hydrogen) atoms. The fraction of sp³-hybridized carbons (Fsp3) is 0.267. The third-order valence-electron chi connectivity index (χ3n) is 6.91. The fourth-order valence-corrected chi connectivity index (χ4v) is 5.62. The second kappa shape index (κ2) is 12.7. The minimum atomic E-state index is -1.30. The Kier molecular flexibility index (Phi) is 8.83. The molecule has 5 aromatic rings. The van der Waals surface area contributed by atoms with E-state index in [4.69, 9.17) is 14.6 Å². The van der Waals surface area contributed by atoms with E-state index < -0.39 is 30.0 Å². The number of amides is 2. The molecule has 0 radical (unpaired) electrons. The van der Waals surface area contributed by atoms with Gasteiger partial charge in [-0.3, -0.25) is 14.7 Å². The Morgan fingerprint density at radius 1 is 1.11 bits per heavy atom. The number of ether oxygens (including phenoxy) is 2. The number of nitrogens with zero attached hydrogens (tertiary/aromatic N) is 5. The molecule has 1 unspecified atom stereocenters. The van der Waals surface area contributed by atoms with Gasteiger partial charge in [0.05, 0.1) is 52.9 Å². The fourth-order valence-electron chi connectivity index (χ4n) is 4.63. The summed E-state index contributed by atoms with van der Waals surface area (Å²) in [6, 6.07) is 8.64. The van der Waals surface area contributed by atoms with E-state index in [0.717, 1.165) is 16.0 Å². The predicted molar refractivity (Wildman–Crippen MR) is 163 cm³/mol. The number of methoxy groups -OCH3 is 1. The first kappa shape index (κ1) is 30.5. The Labute approximate surface area is 255 Å². The summed E-state index contributed by atoms with van der Waals surface area (Å²) in [5.41, 5.74) is 3.57. The highest BCUT2D eigenvalue weighted by Gasteiger charge is 2.29. The predicted octanol–water partition coefficient (Wildman–Crippen LogP) is 4.82. The average molecular weight is 621 g/mol. The summed E-state index contributed by atoms with van der Waals surface area (Å²) in [5.74, 6) is -0.886. The number of hydrogen-bond acceptors (Lipinski definition) is 10. The molecule has 0 saturated heterocycles. The van der Waals surface area contributed by atoms with Gasteiger partial charge in [-0.15, -0.1) is 11.3 Å². The van der Waals surface area contributed by atoms with E-state index in [9.17, 15) is 14.7 Å². The van der Waals surface area contributed by atoms with Crippen LogP contribution in [0, 0.1) is 12.7 Å². The van der Waals surface area contributed by atoms with E-state index in [-0.39, 0.29) is 30.3 Å². The molecule has 14 heteroatoms. The van der Waals surface area contributed by atoms with Crippen LogP contribution in [0.4, 0.5) is 14.9 Å². The van der Waals surface area contributed by atoms with Gasteiger partial charge in [-0.2, -0.15) is 0 Å². The largest absolute Gasteiger partial charge is 0.485 e. The number of hydrogen-bond donors (Lipinski definition) is 3. The van der Waals surface area contributed by atoms with Crippen LogP contribution in [0.3, 0.4) is 0 Å². The van der Waals surface area contributed by atoms with Crippen molar-refractivity contribution in [3.8, 4) is 22.2 Å². The summed E-state index contributed by atoms with van der Waals surface area (Å²) >= 11 is 1.34. The first-order valence-corrected chi connectivity index (χ1v) is 14.4. The Hall–Kier alpha value is -4.95. The van der Waals surface area contributed by atoms with Crippen LogP contribution >= 0.6 is 11.3 Å². The van der Waals surface area contributed by atoms with Crippen LogP contribution in [-0.4, -0.2) is 74.6 Å². The molecule has 2 atom stereocenters. The van der Waals surface area contributed by atoms with Crippen molar-refractivity contribution in [2.24, 2.45) is 0 Å². The maximum Gasteiger partial charge on any atom is 0.412 e. The molecule has 0 bridgehead atoms. The lowest BCUT2D eigenvalue weighted by Crippen LogP contribution is -2.46. The number of aryl methyl sites for hydroxylation is 1. The summed E-state index contributed by atoms with van der Waals surface area (Å²) in [6.07, 6.45) is 0.736. The Morgan fingerprint density at radius 3 is 2.64 bits per heavy atom. The lowest BCUT2D eigenvalue weighted by molar-refractivity contribution is 0.0939. The zero-order valence-electron chi connectivity index (χ0n) is 24.2. The monoisotopic (exact) mass is 620 g/mol. The van der Waals surface area contributed by atoms with Crippen molar-refractivity contribution in [3.63, 3.8) is 0 Å². The van der Waals surface area contributed by atoms with Crippen molar-refractivity contribution >= 4 is 50.3 Å². The molecule has 0 aliphatic heterocycles. The number of carbonyl (C=O) groups is 2. The van der Waals surface area contributed by atoms with Crippen molar-refractivity contribution in [2.45, 2.75) is 32.9 Å². The number of thiazole rings is 1. The zero-order valence-corrected chi connectivity index (χ0v) is 25.1. The van der Waals surface area contributed by atoms with Gasteiger partial charge in [-0.25, -0.2) is 24.1 Å². The highest BCUT2D eigenvalue weighted by atomic mass is 32.1. The molecule has 0 fully saturated rings. The number of halogens is 1. The Morgan fingerprint density at radius 2 is 1.91 bits per heavy atom. The third kappa shape index (κ3) is 6.21. The lowest BCUT2D eigenvalue weighted by atomic mass is 10.1. The number of aliphatic hydroxyl groups is 1. The van der Waals surface area contributed by atoms with Crippen LogP contribution in [0.1, 0.15) is 29.9 Å². The molecule has 12 nitrogen and oxygen atoms in total. The van der Waals surface area contributed by atoms with Crippen molar-refractivity contribution in [1.82, 2.24) is 25.3 Å². The molecular formula is C30H29FN6O6S. The summed E-state index contributed by atoms with van der Waals surface area (Å²) in [4.78, 5) is 43.3. The summed E-state index contributed by atoms with van der Waals surface area (Å²) in [6.45, 7) is 4.95. The number of benzene rings is 2. The number of rotatable bonds is 10. The topological polar surface area (TPSA) is 160 Å². The number of carbonyl (C=O) groups excluding carboxylic acids is 1. The van der Waals surface area contributed by atoms with Crippen molar-refractivity contribution in [3.05, 3.63) is 65.9 Å². The number of carboxylic acid groups (broad SMARTS) is 1. The summed E-state index contributed by atoms with van der Waals surface area (Å²) in [5, 5.41) is 22.1. The molecule has 2 amide bonds. The molecule has 3 aromatic heterocycles. The van der Waals surface area contributed by atoms with Gasteiger partial charge in [0.25, 0.3) is 5.91 Å². The summed E-state index contributed by atoms with van der Waals surface area (Å²) < 4.78 is 27.1. The van der Waals surface area contributed by atoms with Crippen LogP contribution < -0.4 is 19.7 Å². The number of nitrogens with one attached hydrogen (secondary N) is 1. The molecule has 3 N–H and O–H groups in total. The normalized spacial score (nSPS) is 12.6. The van der Waals surface area contributed by atoms with Crippen LogP contribution in [-0.2, 0) is 0 Å². The van der Waals surface area contributed by atoms with Crippen molar-refractivity contribution in [1.29, 1.82) is 0 Å². The van der Waals surface area contributed by atoms with Crippen LogP contribution in [0.25, 0.3) is 31.8 Å². The van der Waals surface area contributed by atoms with Crippen LogP contribution in [0.2, 0.25) is 0 Å². The van der Waals surface area contributed by atoms with E-state index in [1.807, 2.05) is 19.1 Å². The maximum absolute atomic E-state index is 15.3. The van der Waals surface area contributed by atoms with Crippen LogP contribution in [0.5, 0.6) is 11.6 Å². The average Bonchev–Trinajstić information content (AvgIpc) is 3.41. The zero-order chi connectivity index (χ0) is 31.5. The van der Waals surface area contributed by atoms with E-state index in [1.54, 1.807) is 19.9 Å². The van der Waals surface area contributed by atoms with Gasteiger partial charge in [0.1, 0.15) is 16.8 Å². The highest BCUT2D eigenvalue weighted by molar-refractivity contribution is 7.21. The molecule has 5 rings (SSSR count). The minimum Gasteiger partial charge on any atom is -0.485 e. The smallest absolute Gasteiger partial charge is 0.412 e. The van der Waals surface area contributed by atoms with Gasteiger partial charge in [-0.05, 0) is 50.6 Å². The Balaban J connectivity index is 1.42. The van der Waals surface area contributed by atoms with Gasteiger partial charge in [-0.1, -0.05) is 0 Å². The number of anilines is 1. The SMILES string of the molecule is COc1cnc2c(-c3nc4cc(F)c(O[C@@H](C)C(C)N(C(=O)O)c5ccnc(C(=O)NCCO)c5)cc4s3)cc(C)cc2n1. The molecule has 228 valence electrons. The maximum atomic E-state index is 15.3. The van der Waals surface area contributed by atoms with Crippen LogP contribution in [0.15, 0.2) is 48.8 Å². The number of pyridine rings is 1. The number of aliphatic hydroxyl groups excluding tert-OH is 1. The van der Waals surface area contributed by atoms with Gasteiger partial charge in [0.15, 0.2) is 11.6 Å². The second-order valence-corrected chi connectivity index (χ2v) is 11.0. The molecule has 0 aliphatic rings. The number of fused-ring (bicyclic) bond motifs is 2. The second-order valence-electron chi connectivity index (χ2n) is 9.96. The summed E-state index contributed by atoms with van der Waals surface area (Å²) in [7, 11) is 1.52. The standard InChI is InChI=1S/C30H29FN6O6S/c1-15-9-19(27-22(10-15)35-26(42-4)14-34-27)29-36-21-12-20(31)24(13-25(21)44-29)43-17(3)16(2)37(30(40)41)18-5-6-32-23(11-18)28(39)33-7-8-38/h5-6,9-14,16-17,38H,7-8H2,1-4H3,(H,33,39)(H,40,41)/t16?,17-/m0/s1. The first-order chi connectivity index (χ1) is 21.1. The lowest BCUT2D eigenvalue weighted by Gasteiger charge is -2.31. The Bertz CT molecular complexity index is 1870. The van der Waals surface area contributed by atoms with Gasteiger partial charge < -0.3 is 25.0 Å². The highest BCUT2D eigenvalue weighted by Crippen LogP contribution is 2.37. The van der Waals surface area contributed by atoms with E-state index in [1.165, 1.54) is 49.0 Å². The minimum absolute atomic E-state index is 0.0213. The third-order valence-corrected chi connectivity index (χ3v) is 7.96. The molecule has 3 heterocycles. The van der Waals surface area contributed by atoms with Gasteiger partial charge in [0.2, 0.25) is 5.88 Å². The molecule has 0 spiro atoms. The quantitative estimate of drug-likeness (QED) is 0.198. The molecule has 0 saturated carbocycles. The van der Waals surface area contributed by atoms with Crippen molar-refractivity contribution in [2.75, 3.05) is 25.2 Å². The van der Waals surface area contributed by atoms with Gasteiger partial charge >= 0.3 is 6.09 Å². The first-order valence-electron chi connectivity index (χ1n) is 13.5. The molecular weight excluding hydrogens is 591 g/mol. The number of aromatic nitrogens is 4. The van der Waals surface area contributed by atoms with E-state index in [2.05, 4.69) is 25.3 Å². The van der Waals surface area contributed by atoms with Crippen molar-refractivity contribution < 1.29 is 33.7 Å². The molecule has 0 aliphatic carbocycles.